The van der Waals surface area contributed by atoms with Crippen molar-refractivity contribution in [2.24, 2.45) is 5.92 Å². The fraction of sp³-hybridized carbons (Fsp3) is 0.500. The number of esters is 1. The lowest BCUT2D eigenvalue weighted by Crippen LogP contribution is -2.36. The molecule has 1 rings (SSSR count). The zero-order chi connectivity index (χ0) is 20.8. The number of ether oxygens (including phenoxy) is 1. The third-order valence-corrected chi connectivity index (χ3v) is 3.37. The predicted molar refractivity (Wildman–Crippen MR) is 89.6 cm³/mol. The molecule has 27 heavy (non-hydrogen) atoms. The molecule has 1 atom stereocenters. The quantitative estimate of drug-likeness (QED) is 0.700. The number of hydrogen-bond donors (Lipinski definition) is 2. The van der Waals surface area contributed by atoms with Crippen molar-refractivity contribution in [2.45, 2.75) is 51.9 Å². The molecule has 0 saturated heterocycles. The number of carbonyl (C=O) groups excluding carboxylic acids is 2. The summed E-state index contributed by atoms with van der Waals surface area (Å²) in [4.78, 5) is 34.1. The van der Waals surface area contributed by atoms with Gasteiger partial charge in [-0.05, 0) is 38.3 Å². The minimum Gasteiger partial charge on any atom is -0.481 e. The summed E-state index contributed by atoms with van der Waals surface area (Å²) in [6, 6.07) is 6.13. The largest absolute Gasteiger partial charge is 0.481 e. The van der Waals surface area contributed by atoms with E-state index < -0.39 is 35.5 Å². The Balaban J connectivity index is 2.76. The van der Waals surface area contributed by atoms with Crippen LogP contribution in [0.3, 0.4) is 0 Å². The third-order valence-electron chi connectivity index (χ3n) is 3.37. The van der Waals surface area contributed by atoms with Crippen LogP contribution in [0.4, 0.5) is 13.2 Å². The lowest BCUT2D eigenvalue weighted by molar-refractivity contribution is -0.173. The first kappa shape index (κ1) is 22.5. The first-order chi connectivity index (χ1) is 12.3. The molecule has 2 N–H and O–H groups in total. The van der Waals surface area contributed by atoms with E-state index in [4.69, 9.17) is 4.74 Å². The number of halogens is 3. The molecule has 0 radical (unpaired) electrons. The van der Waals surface area contributed by atoms with E-state index in [1.54, 1.807) is 32.2 Å². The fourth-order valence-corrected chi connectivity index (χ4v) is 2.26. The van der Waals surface area contributed by atoms with Crippen molar-refractivity contribution in [3.8, 4) is 0 Å². The van der Waals surface area contributed by atoms with E-state index in [-0.39, 0.29) is 19.4 Å². The van der Waals surface area contributed by atoms with E-state index >= 15 is 0 Å². The highest BCUT2D eigenvalue weighted by molar-refractivity contribution is 5.81. The van der Waals surface area contributed by atoms with Gasteiger partial charge in [0, 0.05) is 6.54 Å². The summed E-state index contributed by atoms with van der Waals surface area (Å²) in [5.41, 5.74) is 0.160. The molecule has 1 amide bonds. The summed E-state index contributed by atoms with van der Waals surface area (Å²) >= 11 is 0. The lowest BCUT2D eigenvalue weighted by atomic mass is 9.95. The van der Waals surface area contributed by atoms with Gasteiger partial charge in [-0.1, -0.05) is 24.3 Å². The Morgan fingerprint density at radius 2 is 1.74 bits per heavy atom. The molecule has 0 bridgehead atoms. The van der Waals surface area contributed by atoms with Crippen LogP contribution < -0.4 is 5.32 Å². The second-order valence-corrected chi connectivity index (χ2v) is 7.03. The van der Waals surface area contributed by atoms with Crippen molar-refractivity contribution in [1.82, 2.24) is 5.32 Å². The van der Waals surface area contributed by atoms with Crippen LogP contribution >= 0.6 is 0 Å². The SMILES string of the molecule is CC(C)(C)OC(=O)C[C@@H](Cc1cccc(CNC(=O)C(F)(F)F)c1)C(=O)O. The molecule has 1 aromatic carbocycles. The number of hydrogen-bond acceptors (Lipinski definition) is 4. The molecular weight excluding hydrogens is 367 g/mol. The Morgan fingerprint density at radius 1 is 1.15 bits per heavy atom. The molecule has 6 nitrogen and oxygen atoms in total. The Bertz CT molecular complexity index is 695. The summed E-state index contributed by atoms with van der Waals surface area (Å²) in [5, 5.41) is 11.1. The number of carbonyl (C=O) groups is 3. The van der Waals surface area contributed by atoms with Gasteiger partial charge < -0.3 is 15.2 Å². The molecule has 0 spiro atoms. The van der Waals surface area contributed by atoms with Crippen molar-refractivity contribution in [3.05, 3.63) is 35.4 Å². The predicted octanol–water partition coefficient (Wildman–Crippen LogP) is 2.84. The van der Waals surface area contributed by atoms with Crippen LogP contribution in [0.5, 0.6) is 0 Å². The first-order valence-electron chi connectivity index (χ1n) is 8.15. The van der Waals surface area contributed by atoms with Gasteiger partial charge in [0.1, 0.15) is 5.60 Å². The zero-order valence-corrected chi connectivity index (χ0v) is 15.2. The Morgan fingerprint density at radius 3 is 2.26 bits per heavy atom. The van der Waals surface area contributed by atoms with Gasteiger partial charge in [0.2, 0.25) is 0 Å². The van der Waals surface area contributed by atoms with Gasteiger partial charge in [-0.25, -0.2) is 0 Å². The highest BCUT2D eigenvalue weighted by Crippen LogP contribution is 2.18. The topological polar surface area (TPSA) is 92.7 Å². The maximum absolute atomic E-state index is 12.2. The van der Waals surface area contributed by atoms with Crippen LogP contribution in [-0.2, 0) is 32.1 Å². The molecule has 9 heteroatoms. The zero-order valence-electron chi connectivity index (χ0n) is 15.2. The number of rotatable bonds is 7. The third kappa shape index (κ3) is 8.57. The van der Waals surface area contributed by atoms with Gasteiger partial charge >= 0.3 is 24.0 Å². The molecule has 0 aromatic heterocycles. The van der Waals surface area contributed by atoms with Gasteiger partial charge in [0.05, 0.1) is 12.3 Å². The molecule has 0 unspecified atom stereocenters. The lowest BCUT2D eigenvalue weighted by Gasteiger charge is -2.21. The van der Waals surface area contributed by atoms with E-state index in [1.807, 2.05) is 0 Å². The number of carboxylic acids is 1. The number of aliphatic carboxylic acids is 1. The summed E-state index contributed by atoms with van der Waals surface area (Å²) in [6.07, 6.45) is -5.31. The highest BCUT2D eigenvalue weighted by Gasteiger charge is 2.38. The van der Waals surface area contributed by atoms with Crippen LogP contribution in [0.25, 0.3) is 0 Å². The molecular formula is C18H22F3NO5. The molecule has 1 aromatic rings. The van der Waals surface area contributed by atoms with Crippen molar-refractivity contribution >= 4 is 17.8 Å². The van der Waals surface area contributed by atoms with Crippen LogP contribution in [0, 0.1) is 5.92 Å². The van der Waals surface area contributed by atoms with Crippen molar-refractivity contribution in [1.29, 1.82) is 0 Å². The van der Waals surface area contributed by atoms with Gasteiger partial charge in [0.15, 0.2) is 0 Å². The molecule has 0 fully saturated rings. The second kappa shape index (κ2) is 8.88. The monoisotopic (exact) mass is 389 g/mol. The Kier molecular flexibility index (Phi) is 7.38. The smallest absolute Gasteiger partial charge is 0.471 e. The van der Waals surface area contributed by atoms with Gasteiger partial charge in [-0.3, -0.25) is 14.4 Å². The van der Waals surface area contributed by atoms with Crippen molar-refractivity contribution in [3.63, 3.8) is 0 Å². The average molecular weight is 389 g/mol. The second-order valence-electron chi connectivity index (χ2n) is 7.03. The van der Waals surface area contributed by atoms with E-state index in [9.17, 15) is 32.7 Å². The summed E-state index contributed by atoms with van der Waals surface area (Å²) < 4.78 is 41.7. The Hall–Kier alpha value is -2.58. The van der Waals surface area contributed by atoms with Gasteiger partial charge in [-0.2, -0.15) is 13.2 Å². The maximum atomic E-state index is 12.2. The maximum Gasteiger partial charge on any atom is 0.471 e. The molecule has 0 aliphatic heterocycles. The number of amides is 1. The van der Waals surface area contributed by atoms with E-state index in [1.165, 1.54) is 18.2 Å². The van der Waals surface area contributed by atoms with E-state index in [0.717, 1.165) is 0 Å². The normalized spacial score (nSPS) is 13.0. The minimum absolute atomic E-state index is 0.00433. The molecule has 0 saturated carbocycles. The Labute approximate surface area is 154 Å². The average Bonchev–Trinajstić information content (AvgIpc) is 2.49. The molecule has 150 valence electrons. The first-order valence-corrected chi connectivity index (χ1v) is 8.15. The number of benzene rings is 1. The van der Waals surface area contributed by atoms with E-state index in [0.29, 0.717) is 11.1 Å². The summed E-state index contributed by atoms with van der Waals surface area (Å²) in [5.74, 6) is -4.93. The van der Waals surface area contributed by atoms with Gasteiger partial charge in [0.25, 0.3) is 0 Å². The highest BCUT2D eigenvalue weighted by atomic mass is 19.4. The fourth-order valence-electron chi connectivity index (χ4n) is 2.26. The standard InChI is InChI=1S/C18H22F3NO5/c1-17(2,3)27-14(23)9-13(15(24)25)8-11-5-4-6-12(7-11)10-22-16(26)18(19,20)21/h4-7,13H,8-10H2,1-3H3,(H,22,26)(H,24,25)/t13-/m1/s1. The van der Waals surface area contributed by atoms with Crippen LogP contribution in [0.15, 0.2) is 24.3 Å². The van der Waals surface area contributed by atoms with Gasteiger partial charge in [-0.15, -0.1) is 0 Å². The van der Waals surface area contributed by atoms with Crippen LogP contribution in [0.2, 0.25) is 0 Å². The molecule has 0 aliphatic rings. The number of alkyl halides is 3. The van der Waals surface area contributed by atoms with E-state index in [2.05, 4.69) is 0 Å². The minimum atomic E-state index is -4.97. The molecule has 0 aliphatic carbocycles. The summed E-state index contributed by atoms with van der Waals surface area (Å²) in [6.45, 7) is 4.65. The van der Waals surface area contributed by atoms with Crippen molar-refractivity contribution < 1.29 is 37.4 Å². The number of nitrogens with one attached hydrogen (secondary N) is 1. The van der Waals surface area contributed by atoms with Crippen molar-refractivity contribution in [2.75, 3.05) is 0 Å². The summed E-state index contributed by atoms with van der Waals surface area (Å²) in [7, 11) is 0. The number of carboxylic acid groups (broad SMARTS) is 1. The van der Waals surface area contributed by atoms with Crippen LogP contribution in [0.1, 0.15) is 38.3 Å². The van der Waals surface area contributed by atoms with Crippen LogP contribution in [-0.4, -0.2) is 34.7 Å². The molecule has 0 heterocycles.